The van der Waals surface area contributed by atoms with Gasteiger partial charge in [0.05, 0.1) is 36.5 Å². The molecule has 0 saturated carbocycles. The molecule has 230 valence electrons. The number of fused-ring (bicyclic) bond motifs is 2. The maximum atomic E-state index is 9.15. The Morgan fingerprint density at radius 2 is 0.848 bits per heavy atom. The van der Waals surface area contributed by atoms with E-state index in [1.807, 2.05) is 48.5 Å². The van der Waals surface area contributed by atoms with Crippen molar-refractivity contribution in [3.05, 3.63) is 118 Å². The maximum absolute atomic E-state index is 9.15. The first-order valence-corrected chi connectivity index (χ1v) is 16.3. The molecule has 0 aliphatic heterocycles. The molecule has 0 radical (unpaired) electrons. The highest BCUT2D eigenvalue weighted by Crippen LogP contribution is 2.44. The molecule has 0 fully saturated rings. The van der Waals surface area contributed by atoms with Crippen LogP contribution in [-0.2, 0) is 0 Å². The van der Waals surface area contributed by atoms with E-state index in [9.17, 15) is 0 Å². The molecule has 0 saturated heterocycles. The topological polar surface area (TPSA) is 66.0 Å². The van der Waals surface area contributed by atoms with Gasteiger partial charge >= 0.3 is 0 Å². The second kappa shape index (κ2) is 16.1. The zero-order valence-corrected chi connectivity index (χ0v) is 26.8. The summed E-state index contributed by atoms with van der Waals surface area (Å²) < 4.78 is 13.2. The summed E-state index contributed by atoms with van der Waals surface area (Å²) in [6.07, 6.45) is 14.8. The molecule has 0 aliphatic rings. The van der Waals surface area contributed by atoms with Crippen molar-refractivity contribution in [2.24, 2.45) is 0 Å². The molecule has 0 unspecified atom stereocenters. The molecule has 0 spiro atoms. The normalized spacial score (nSPS) is 11.3. The summed E-state index contributed by atoms with van der Waals surface area (Å²) >= 11 is 0. The van der Waals surface area contributed by atoms with Crippen molar-refractivity contribution >= 4 is 45.8 Å². The number of ether oxygens (including phenoxy) is 2. The van der Waals surface area contributed by atoms with Gasteiger partial charge in [0, 0.05) is 21.5 Å². The minimum absolute atomic E-state index is 0.644. The van der Waals surface area contributed by atoms with E-state index in [4.69, 9.17) is 20.0 Å². The molecule has 0 aliphatic carbocycles. The van der Waals surface area contributed by atoms with E-state index in [1.54, 1.807) is 0 Å². The van der Waals surface area contributed by atoms with Gasteiger partial charge in [0.25, 0.3) is 0 Å². The standard InChI is InChI=1S/C42H40N2O2/c1-3-5-7-25-45-41-37-23-21-33(15-9-31-11-17-35(29-43)18-12-31)27-39(37)42(46-26-8-6-4-2)40-28-34(22-24-38(40)41)16-10-32-13-19-36(30-44)20-14-32/h9-24,27-28H,3-8,25-26H2,1-2H3/b15-9+,16-10+. The molecule has 4 nitrogen and oxygen atoms in total. The van der Waals surface area contributed by atoms with Gasteiger partial charge < -0.3 is 9.47 Å². The van der Waals surface area contributed by atoms with Crippen LogP contribution in [0.2, 0.25) is 0 Å². The predicted molar refractivity (Wildman–Crippen MR) is 192 cm³/mol. The number of nitrogens with zero attached hydrogens (tertiary/aromatic N) is 2. The van der Waals surface area contributed by atoms with Crippen LogP contribution in [0.4, 0.5) is 0 Å². The van der Waals surface area contributed by atoms with Gasteiger partial charge in [-0.3, -0.25) is 0 Å². The third-order valence-corrected chi connectivity index (χ3v) is 8.07. The highest BCUT2D eigenvalue weighted by atomic mass is 16.5. The molecule has 4 heteroatoms. The lowest BCUT2D eigenvalue weighted by atomic mass is 9.96. The Morgan fingerprint density at radius 3 is 1.24 bits per heavy atom. The molecule has 5 rings (SSSR count). The van der Waals surface area contributed by atoms with Crippen molar-refractivity contribution in [2.45, 2.75) is 52.4 Å². The van der Waals surface area contributed by atoms with Gasteiger partial charge in [-0.2, -0.15) is 10.5 Å². The number of unbranched alkanes of at least 4 members (excludes halogenated alkanes) is 4. The van der Waals surface area contributed by atoms with Gasteiger partial charge in [-0.05, 0) is 83.6 Å². The van der Waals surface area contributed by atoms with Gasteiger partial charge in [-0.15, -0.1) is 0 Å². The van der Waals surface area contributed by atoms with Crippen LogP contribution in [-0.4, -0.2) is 13.2 Å². The van der Waals surface area contributed by atoms with Crippen LogP contribution in [0.1, 0.15) is 85.8 Å². The van der Waals surface area contributed by atoms with Crippen molar-refractivity contribution in [2.75, 3.05) is 13.2 Å². The van der Waals surface area contributed by atoms with E-state index in [0.29, 0.717) is 24.3 Å². The lowest BCUT2D eigenvalue weighted by Gasteiger charge is -2.19. The first-order valence-electron chi connectivity index (χ1n) is 16.3. The SMILES string of the molecule is CCCCCOc1c2ccc(/C=C/c3ccc(C#N)cc3)cc2c(OCCCCC)c2cc(/C=C/c3ccc(C#N)cc3)ccc12. The van der Waals surface area contributed by atoms with Crippen LogP contribution in [0.25, 0.3) is 45.8 Å². The van der Waals surface area contributed by atoms with E-state index < -0.39 is 0 Å². The van der Waals surface area contributed by atoms with Crippen LogP contribution in [0.5, 0.6) is 11.5 Å². The zero-order chi connectivity index (χ0) is 32.1. The Hall–Kier alpha value is -5.32. The summed E-state index contributed by atoms with van der Waals surface area (Å²) in [6.45, 7) is 5.71. The molecule has 0 atom stereocenters. The summed E-state index contributed by atoms with van der Waals surface area (Å²) in [4.78, 5) is 0. The van der Waals surface area contributed by atoms with Crippen LogP contribution in [0.3, 0.4) is 0 Å². The van der Waals surface area contributed by atoms with Crippen molar-refractivity contribution < 1.29 is 9.47 Å². The Labute approximate surface area is 272 Å². The Morgan fingerprint density at radius 1 is 0.478 bits per heavy atom. The lowest BCUT2D eigenvalue weighted by molar-refractivity contribution is 0.308. The molecule has 0 heterocycles. The van der Waals surface area contributed by atoms with E-state index >= 15 is 0 Å². The van der Waals surface area contributed by atoms with Crippen molar-refractivity contribution in [3.63, 3.8) is 0 Å². The third-order valence-electron chi connectivity index (χ3n) is 8.07. The van der Waals surface area contributed by atoms with Crippen LogP contribution in [0.15, 0.2) is 84.9 Å². The number of benzene rings is 5. The van der Waals surface area contributed by atoms with Crippen LogP contribution < -0.4 is 9.47 Å². The fourth-order valence-electron chi connectivity index (χ4n) is 5.48. The molecule has 5 aromatic rings. The van der Waals surface area contributed by atoms with Gasteiger partial charge in [0.2, 0.25) is 0 Å². The minimum Gasteiger partial charge on any atom is -0.492 e. The van der Waals surface area contributed by atoms with E-state index in [1.165, 1.54) is 0 Å². The van der Waals surface area contributed by atoms with Crippen LogP contribution in [0, 0.1) is 22.7 Å². The highest BCUT2D eigenvalue weighted by molar-refractivity contribution is 6.12. The minimum atomic E-state index is 0.644. The van der Waals surface area contributed by atoms with Crippen molar-refractivity contribution in [1.29, 1.82) is 10.5 Å². The predicted octanol–water partition coefficient (Wildman–Crippen LogP) is 11.2. The fourth-order valence-corrected chi connectivity index (χ4v) is 5.48. The summed E-state index contributed by atoms with van der Waals surface area (Å²) in [5.74, 6) is 1.77. The first kappa shape index (κ1) is 32.1. The Kier molecular flexibility index (Phi) is 11.2. The summed E-state index contributed by atoms with van der Waals surface area (Å²) in [5, 5.41) is 22.5. The largest absolute Gasteiger partial charge is 0.492 e. The average molecular weight is 605 g/mol. The quantitative estimate of drug-likeness (QED) is 0.0718. The number of hydrogen-bond acceptors (Lipinski definition) is 4. The van der Waals surface area contributed by atoms with E-state index in [0.717, 1.165) is 93.8 Å². The van der Waals surface area contributed by atoms with Crippen LogP contribution >= 0.6 is 0 Å². The summed E-state index contributed by atoms with van der Waals surface area (Å²) in [5.41, 5.74) is 5.49. The number of nitriles is 2. The zero-order valence-electron chi connectivity index (χ0n) is 26.8. The Balaban J connectivity index is 1.61. The molecule has 46 heavy (non-hydrogen) atoms. The van der Waals surface area contributed by atoms with Gasteiger partial charge in [-0.25, -0.2) is 0 Å². The molecule has 0 bridgehead atoms. The highest BCUT2D eigenvalue weighted by Gasteiger charge is 2.17. The number of rotatable bonds is 14. The van der Waals surface area contributed by atoms with Gasteiger partial charge in [-0.1, -0.05) is 100 Å². The second-order valence-corrected chi connectivity index (χ2v) is 11.5. The Bertz CT molecular complexity index is 1790. The molecule has 0 N–H and O–H groups in total. The average Bonchev–Trinajstić information content (AvgIpc) is 3.10. The third kappa shape index (κ3) is 8.03. The smallest absolute Gasteiger partial charge is 0.135 e. The van der Waals surface area contributed by atoms with Gasteiger partial charge in [0.15, 0.2) is 0 Å². The van der Waals surface area contributed by atoms with Gasteiger partial charge in [0.1, 0.15) is 11.5 Å². The number of hydrogen-bond donors (Lipinski definition) is 0. The first-order chi connectivity index (χ1) is 22.6. The molecular formula is C42H40N2O2. The molecule has 0 aromatic heterocycles. The summed E-state index contributed by atoms with van der Waals surface area (Å²) in [7, 11) is 0. The second-order valence-electron chi connectivity index (χ2n) is 11.5. The maximum Gasteiger partial charge on any atom is 0.135 e. The monoisotopic (exact) mass is 604 g/mol. The van der Waals surface area contributed by atoms with Crippen molar-refractivity contribution in [3.8, 4) is 23.6 Å². The van der Waals surface area contributed by atoms with E-state index in [-0.39, 0.29) is 0 Å². The van der Waals surface area contributed by atoms with E-state index in [2.05, 4.69) is 86.7 Å². The summed E-state index contributed by atoms with van der Waals surface area (Å²) in [6, 6.07) is 32.5. The van der Waals surface area contributed by atoms with Crippen molar-refractivity contribution in [1.82, 2.24) is 0 Å². The lowest BCUT2D eigenvalue weighted by Crippen LogP contribution is -2.02. The molecule has 0 amide bonds. The molecular weight excluding hydrogens is 564 g/mol. The fraction of sp³-hybridized carbons (Fsp3) is 0.238. The molecule has 5 aromatic carbocycles.